The molecule has 0 aromatic heterocycles. The van der Waals surface area contributed by atoms with Crippen molar-refractivity contribution in [2.45, 2.75) is 242 Å². The Bertz CT molecular complexity index is 2180. The number of hydrogen-bond acceptors (Lipinski definition) is 35. The number of carbonyl (C=O) groups excluding carboxylic acids is 3. The molecule has 3 amide bonds. The number of aliphatic hydroxyl groups is 19. The highest BCUT2D eigenvalue weighted by Crippen LogP contribution is 2.38. The molecule has 0 spiro atoms. The van der Waals surface area contributed by atoms with Crippen LogP contribution in [0.5, 0.6) is 0 Å². The SMILES string of the molecule is CC(=O)N[C@H]1C(O)[C@H](O[C@@H]2OC(CO)[C@H](O)C(O)[C@@H]2O)C(CO)O[C@H]1OC1C(O)[C@H](O)[C@@H](CO)O[C@@H]1OC1C(O)[C@H](O[C@@H]2C(CO)O[C@@H](O[C@@H]3C(CO)O[C@@H](C)[C@@H](NC(C)=O)C3O)[C@@H](NC(C)=O)C2O)OC(CO[C@H]2OC(CO)[C@@H](O)C(O)[C@H]2O)[C@H]1O. The maximum absolute atomic E-state index is 12.8. The minimum atomic E-state index is -2.39. The molecule has 38 nitrogen and oxygen atoms in total. The van der Waals surface area contributed by atoms with Crippen LogP contribution < -0.4 is 16.0 Å². The number of nitrogens with one attached hydrogen (secondary N) is 3. The third-order valence-corrected chi connectivity index (χ3v) is 16.0. The molecule has 7 aliphatic heterocycles. The molecular formula is C49H83N3O35. The summed E-state index contributed by atoms with van der Waals surface area (Å²) >= 11 is 0. The smallest absolute Gasteiger partial charge is 0.217 e. The number of ether oxygens (including phenoxy) is 13. The van der Waals surface area contributed by atoms with E-state index in [4.69, 9.17) is 61.6 Å². The first-order chi connectivity index (χ1) is 41.1. The van der Waals surface area contributed by atoms with Crippen LogP contribution in [0.25, 0.3) is 0 Å². The monoisotopic (exact) mass is 1270 g/mol. The van der Waals surface area contributed by atoms with Gasteiger partial charge in [0.15, 0.2) is 37.7 Å². The molecule has 87 heavy (non-hydrogen) atoms. The van der Waals surface area contributed by atoms with Gasteiger partial charge < -0.3 is 175 Å². The Balaban J connectivity index is 1.20. The van der Waals surface area contributed by atoms with E-state index in [1.165, 1.54) is 6.92 Å². The Morgan fingerprint density at radius 1 is 0.310 bits per heavy atom. The topological polar surface area (TPSA) is 592 Å². The Morgan fingerprint density at radius 3 is 1.08 bits per heavy atom. The molecule has 35 atom stereocenters. The van der Waals surface area contributed by atoms with Gasteiger partial charge in [-0.05, 0) is 6.92 Å². The van der Waals surface area contributed by atoms with Gasteiger partial charge in [0.2, 0.25) is 17.7 Å². The summed E-state index contributed by atoms with van der Waals surface area (Å²) in [6, 6.07) is -4.73. The zero-order valence-electron chi connectivity index (χ0n) is 47.2. The van der Waals surface area contributed by atoms with Crippen molar-refractivity contribution in [3.05, 3.63) is 0 Å². The lowest BCUT2D eigenvalue weighted by Crippen LogP contribution is -2.70. The third kappa shape index (κ3) is 15.8. The number of aliphatic hydroxyl groups excluding tert-OH is 19. The van der Waals surface area contributed by atoms with E-state index < -0.39 is 279 Å². The number of amides is 3. The van der Waals surface area contributed by atoms with Gasteiger partial charge in [-0.3, -0.25) is 14.4 Å². The molecule has 0 aliphatic carbocycles. The molecule has 504 valence electrons. The fourth-order valence-electron chi connectivity index (χ4n) is 11.3. The maximum Gasteiger partial charge on any atom is 0.217 e. The maximum atomic E-state index is 12.8. The third-order valence-electron chi connectivity index (χ3n) is 16.0. The second-order valence-electron chi connectivity index (χ2n) is 22.1. The molecule has 7 heterocycles. The fraction of sp³-hybridized carbons (Fsp3) is 0.939. The summed E-state index contributed by atoms with van der Waals surface area (Å²) in [5.41, 5.74) is 0. The van der Waals surface area contributed by atoms with Gasteiger partial charge in [0.05, 0.1) is 58.4 Å². The van der Waals surface area contributed by atoms with Crippen LogP contribution in [0.3, 0.4) is 0 Å². The van der Waals surface area contributed by atoms with Gasteiger partial charge in [-0.1, -0.05) is 0 Å². The summed E-state index contributed by atoms with van der Waals surface area (Å²) in [6.45, 7) is -2.12. The van der Waals surface area contributed by atoms with Crippen molar-refractivity contribution in [3.63, 3.8) is 0 Å². The van der Waals surface area contributed by atoms with E-state index in [0.29, 0.717) is 0 Å². The molecule has 38 heteroatoms. The molecular weight excluding hydrogens is 1190 g/mol. The predicted molar refractivity (Wildman–Crippen MR) is 270 cm³/mol. The lowest BCUT2D eigenvalue weighted by molar-refractivity contribution is -0.397. The van der Waals surface area contributed by atoms with Gasteiger partial charge in [0.25, 0.3) is 0 Å². The first kappa shape index (κ1) is 71.6. The summed E-state index contributed by atoms with van der Waals surface area (Å²) in [5, 5.41) is 215. The minimum absolute atomic E-state index is 0.582. The largest absolute Gasteiger partial charge is 0.394 e. The van der Waals surface area contributed by atoms with Crippen LogP contribution in [-0.4, -0.2) is 376 Å². The van der Waals surface area contributed by atoms with Crippen LogP contribution in [0.15, 0.2) is 0 Å². The highest BCUT2D eigenvalue weighted by atomic mass is 16.8. The standard InChI is InChI=1S/C49H83N3O35/c1-12-23(50-13(2)59)30(66)39(19(8-56)76-12)83-44-24(51-14(3)60)31(67)41(21(10-58)80-44)85-48-38(74)42(29(65)22(82-48)11-75-46-36(72)33(69)26(62)16(5-53)77-46)86-49-43(35(71)28(64)18(7-55)79-49)87-45-25(52-15(4)61)32(68)40(20(9-57)81-45)84-47-37(73)34(70)27(63)17(6-54)78-47/h12,16-49,53-58,62-74H,5-11H2,1-4H3,(H,50,59)(H,51,60)(H,52,61)/t12-,16?,17?,18+,19?,20?,21?,22?,23+,24-,25-,26+,27-,28+,29+,30?,31?,32?,33?,34?,35?,36+,37-,38?,39+,40+,41+,42?,43?,44-,45-,46-,47-,48-,49+/m0/s1. The van der Waals surface area contributed by atoms with Gasteiger partial charge in [0, 0.05) is 20.8 Å². The molecule has 15 unspecified atom stereocenters. The molecule has 0 saturated carbocycles. The number of carbonyl (C=O) groups is 3. The molecule has 0 bridgehead atoms. The van der Waals surface area contributed by atoms with E-state index in [2.05, 4.69) is 16.0 Å². The van der Waals surface area contributed by atoms with Crippen molar-refractivity contribution in [1.82, 2.24) is 16.0 Å². The zero-order chi connectivity index (χ0) is 64.2. The van der Waals surface area contributed by atoms with Crippen LogP contribution in [0.2, 0.25) is 0 Å². The number of rotatable bonds is 22. The lowest BCUT2D eigenvalue weighted by atomic mass is 9.92. The van der Waals surface area contributed by atoms with Crippen LogP contribution in [0.4, 0.5) is 0 Å². The van der Waals surface area contributed by atoms with Gasteiger partial charge >= 0.3 is 0 Å². The first-order valence-electron chi connectivity index (χ1n) is 27.9. The second-order valence-corrected chi connectivity index (χ2v) is 22.1. The minimum Gasteiger partial charge on any atom is -0.394 e. The van der Waals surface area contributed by atoms with Crippen LogP contribution in [0, 0.1) is 0 Å². The molecule has 7 aliphatic rings. The second kappa shape index (κ2) is 31.2. The summed E-state index contributed by atoms with van der Waals surface area (Å²) < 4.78 is 76.3. The normalized spacial score (nSPS) is 48.9. The summed E-state index contributed by atoms with van der Waals surface area (Å²) in [7, 11) is 0. The molecule has 7 rings (SSSR count). The highest BCUT2D eigenvalue weighted by Gasteiger charge is 2.59. The average Bonchev–Trinajstić information content (AvgIpc) is 1.63. The van der Waals surface area contributed by atoms with E-state index >= 15 is 0 Å². The predicted octanol–water partition coefficient (Wildman–Crippen LogP) is -14.8. The van der Waals surface area contributed by atoms with Crippen molar-refractivity contribution in [3.8, 4) is 0 Å². The molecule has 0 aromatic rings. The van der Waals surface area contributed by atoms with Crippen molar-refractivity contribution < 1.29 is 173 Å². The zero-order valence-corrected chi connectivity index (χ0v) is 47.2. The van der Waals surface area contributed by atoms with E-state index in [1.807, 2.05) is 0 Å². The highest BCUT2D eigenvalue weighted by molar-refractivity contribution is 5.74. The van der Waals surface area contributed by atoms with Crippen molar-refractivity contribution in [2.24, 2.45) is 0 Å². The van der Waals surface area contributed by atoms with E-state index in [-0.39, 0.29) is 0 Å². The van der Waals surface area contributed by atoms with Crippen molar-refractivity contribution >= 4 is 17.7 Å². The van der Waals surface area contributed by atoms with Crippen LogP contribution in [-0.2, 0) is 76.0 Å². The van der Waals surface area contributed by atoms with E-state index in [9.17, 15) is 111 Å². The molecule has 7 saturated heterocycles. The average molecular weight is 1270 g/mol. The van der Waals surface area contributed by atoms with E-state index in [0.717, 1.165) is 20.8 Å². The molecule has 7 fully saturated rings. The van der Waals surface area contributed by atoms with Crippen LogP contribution >= 0.6 is 0 Å². The Morgan fingerprint density at radius 2 is 0.632 bits per heavy atom. The van der Waals surface area contributed by atoms with Gasteiger partial charge in [-0.25, -0.2) is 0 Å². The Hall–Kier alpha value is -2.87. The first-order valence-corrected chi connectivity index (χ1v) is 27.9. The number of hydrogen-bond donors (Lipinski definition) is 22. The van der Waals surface area contributed by atoms with Gasteiger partial charge in [-0.2, -0.15) is 0 Å². The van der Waals surface area contributed by atoms with Crippen LogP contribution in [0.1, 0.15) is 27.7 Å². The summed E-state index contributed by atoms with van der Waals surface area (Å²) in [4.78, 5) is 37.6. The van der Waals surface area contributed by atoms with Crippen molar-refractivity contribution in [1.29, 1.82) is 0 Å². The summed E-state index contributed by atoms with van der Waals surface area (Å²) in [6.07, 6.45) is -61.2. The van der Waals surface area contributed by atoms with Gasteiger partial charge in [-0.15, -0.1) is 0 Å². The summed E-state index contributed by atoms with van der Waals surface area (Å²) in [5.74, 6) is -2.31. The molecule has 0 radical (unpaired) electrons. The van der Waals surface area contributed by atoms with E-state index in [1.54, 1.807) is 0 Å². The fourth-order valence-corrected chi connectivity index (χ4v) is 11.3. The van der Waals surface area contributed by atoms with Gasteiger partial charge in [0.1, 0.15) is 165 Å². The Labute approximate surface area is 494 Å². The quantitative estimate of drug-likeness (QED) is 0.0479. The molecule has 22 N–H and O–H groups in total. The molecule has 0 aromatic carbocycles. The lowest BCUT2D eigenvalue weighted by Gasteiger charge is -2.51. The Kier molecular flexibility index (Phi) is 25.6. The van der Waals surface area contributed by atoms with Crippen molar-refractivity contribution in [2.75, 3.05) is 46.2 Å².